The second kappa shape index (κ2) is 6.97. The Balaban J connectivity index is 1.37. The minimum absolute atomic E-state index is 0.0424. The van der Waals surface area contributed by atoms with Gasteiger partial charge in [-0.1, -0.05) is 24.3 Å². The standard InChI is InChI=1S/C23H23N5O2/c29-19-10-4-9-18-21(19)20(15-12-24-28-22(15)25-18)13-5-3-6-14(11-13)30-23-26-16-7-1-2-8-17(16)27-23/h1-3,5-8,11,15,20,22,24-25,28H,4,9-10,12H2,(H,26,27). The molecule has 2 aliphatic heterocycles. The number of allylic oxidation sites excluding steroid dienone is 2. The molecule has 4 N–H and O–H groups in total. The van der Waals surface area contributed by atoms with Crippen LogP contribution in [0, 0.1) is 5.92 Å². The Kier molecular flexibility index (Phi) is 4.11. The van der Waals surface area contributed by atoms with Gasteiger partial charge in [0.15, 0.2) is 5.78 Å². The summed E-state index contributed by atoms with van der Waals surface area (Å²) in [6.07, 6.45) is 2.60. The van der Waals surface area contributed by atoms with Crippen molar-refractivity contribution in [3.8, 4) is 11.8 Å². The average Bonchev–Trinajstić information content (AvgIpc) is 3.38. The number of rotatable bonds is 3. The van der Waals surface area contributed by atoms with Gasteiger partial charge < -0.3 is 15.0 Å². The molecule has 3 atom stereocenters. The number of hydrogen-bond acceptors (Lipinski definition) is 6. The molecule has 7 nitrogen and oxygen atoms in total. The second-order valence-corrected chi connectivity index (χ2v) is 8.19. The molecular weight excluding hydrogens is 378 g/mol. The molecule has 7 heteroatoms. The van der Waals surface area contributed by atoms with Gasteiger partial charge in [0.1, 0.15) is 5.75 Å². The largest absolute Gasteiger partial charge is 0.426 e. The maximum Gasteiger partial charge on any atom is 0.300 e. The zero-order valence-electron chi connectivity index (χ0n) is 16.4. The molecule has 30 heavy (non-hydrogen) atoms. The highest BCUT2D eigenvalue weighted by Crippen LogP contribution is 2.43. The molecule has 3 aromatic rings. The van der Waals surface area contributed by atoms with Crippen LogP contribution in [0.15, 0.2) is 59.8 Å². The van der Waals surface area contributed by atoms with Gasteiger partial charge in [0, 0.05) is 36.1 Å². The zero-order chi connectivity index (χ0) is 20.1. The van der Waals surface area contributed by atoms with Crippen LogP contribution in [0.4, 0.5) is 0 Å². The number of hydrazine groups is 1. The molecule has 3 heterocycles. The van der Waals surface area contributed by atoms with Crippen molar-refractivity contribution in [2.24, 2.45) is 5.92 Å². The van der Waals surface area contributed by atoms with Gasteiger partial charge in [0.05, 0.1) is 17.2 Å². The molecule has 0 spiro atoms. The maximum atomic E-state index is 12.9. The minimum Gasteiger partial charge on any atom is -0.426 e. The lowest BCUT2D eigenvalue weighted by Gasteiger charge is -2.39. The van der Waals surface area contributed by atoms with Crippen LogP contribution >= 0.6 is 0 Å². The fraction of sp³-hybridized carbons (Fsp3) is 0.304. The minimum atomic E-state index is 0.0424. The van der Waals surface area contributed by atoms with Crippen LogP contribution < -0.4 is 20.9 Å². The number of aromatic amines is 1. The van der Waals surface area contributed by atoms with Gasteiger partial charge in [-0.25, -0.2) is 5.43 Å². The molecule has 1 aliphatic carbocycles. The lowest BCUT2D eigenvalue weighted by atomic mass is 9.72. The first-order chi connectivity index (χ1) is 14.8. The number of fused-ring (bicyclic) bond motifs is 2. The number of carbonyl (C=O) groups is 1. The van der Waals surface area contributed by atoms with E-state index >= 15 is 0 Å². The number of aromatic nitrogens is 2. The summed E-state index contributed by atoms with van der Waals surface area (Å²) in [7, 11) is 0. The van der Waals surface area contributed by atoms with E-state index in [-0.39, 0.29) is 23.8 Å². The maximum absolute atomic E-state index is 12.9. The summed E-state index contributed by atoms with van der Waals surface area (Å²) in [5.74, 6) is 1.28. The van der Waals surface area contributed by atoms with Crippen LogP contribution in [0.25, 0.3) is 11.0 Å². The Morgan fingerprint density at radius 2 is 2.00 bits per heavy atom. The number of nitrogens with one attached hydrogen (secondary N) is 4. The number of ether oxygens (including phenoxy) is 1. The summed E-state index contributed by atoms with van der Waals surface area (Å²) in [4.78, 5) is 20.6. The number of H-pyrrole nitrogens is 1. The van der Waals surface area contributed by atoms with Gasteiger partial charge in [0.25, 0.3) is 6.01 Å². The zero-order valence-corrected chi connectivity index (χ0v) is 16.4. The molecule has 0 amide bonds. The summed E-state index contributed by atoms with van der Waals surface area (Å²) < 4.78 is 6.05. The Morgan fingerprint density at radius 1 is 1.07 bits per heavy atom. The van der Waals surface area contributed by atoms with Crippen molar-refractivity contribution in [3.63, 3.8) is 0 Å². The monoisotopic (exact) mass is 401 g/mol. The predicted molar refractivity (Wildman–Crippen MR) is 113 cm³/mol. The van der Waals surface area contributed by atoms with E-state index < -0.39 is 0 Å². The summed E-state index contributed by atoms with van der Waals surface area (Å²) in [6, 6.07) is 16.4. The van der Waals surface area contributed by atoms with Crippen molar-refractivity contribution >= 4 is 16.8 Å². The van der Waals surface area contributed by atoms with Crippen molar-refractivity contribution in [2.75, 3.05) is 6.54 Å². The smallest absolute Gasteiger partial charge is 0.300 e. The normalized spacial score (nSPS) is 25.7. The average molecular weight is 401 g/mol. The van der Waals surface area contributed by atoms with Crippen molar-refractivity contribution in [2.45, 2.75) is 31.3 Å². The summed E-state index contributed by atoms with van der Waals surface area (Å²) in [6.45, 7) is 0.807. The van der Waals surface area contributed by atoms with Crippen LogP contribution in [-0.4, -0.2) is 28.5 Å². The molecule has 0 radical (unpaired) electrons. The van der Waals surface area contributed by atoms with Gasteiger partial charge in [-0.15, -0.1) is 0 Å². The van der Waals surface area contributed by atoms with E-state index in [4.69, 9.17) is 4.74 Å². The Labute approximate surface area is 173 Å². The van der Waals surface area contributed by atoms with E-state index in [1.54, 1.807) is 0 Å². The van der Waals surface area contributed by atoms with E-state index in [2.05, 4.69) is 32.2 Å². The highest BCUT2D eigenvalue weighted by Gasteiger charge is 2.44. The highest BCUT2D eigenvalue weighted by molar-refractivity contribution is 5.98. The van der Waals surface area contributed by atoms with Crippen LogP contribution in [0.1, 0.15) is 30.7 Å². The van der Waals surface area contributed by atoms with Crippen molar-refractivity contribution in [1.82, 2.24) is 26.1 Å². The number of para-hydroxylation sites is 2. The van der Waals surface area contributed by atoms with Crippen LogP contribution in [0.3, 0.4) is 0 Å². The molecule has 1 aromatic heterocycles. The number of hydrogen-bond donors (Lipinski definition) is 4. The van der Waals surface area contributed by atoms with Crippen molar-refractivity contribution in [1.29, 1.82) is 0 Å². The third-order valence-corrected chi connectivity index (χ3v) is 6.35. The second-order valence-electron chi connectivity index (χ2n) is 8.19. The fourth-order valence-electron chi connectivity index (χ4n) is 5.02. The first-order valence-electron chi connectivity index (χ1n) is 10.5. The molecule has 6 rings (SSSR count). The number of nitrogens with zero attached hydrogens (tertiary/aromatic N) is 1. The van der Waals surface area contributed by atoms with Gasteiger partial charge in [0.2, 0.25) is 0 Å². The first kappa shape index (κ1) is 17.7. The van der Waals surface area contributed by atoms with E-state index in [1.807, 2.05) is 42.5 Å². The summed E-state index contributed by atoms with van der Waals surface area (Å²) in [5, 5.41) is 3.56. The van der Waals surface area contributed by atoms with Gasteiger partial charge >= 0.3 is 0 Å². The molecule has 3 aliphatic rings. The number of ketones is 1. The Bertz CT molecular complexity index is 1130. The third-order valence-electron chi connectivity index (χ3n) is 6.35. The quantitative estimate of drug-likeness (QED) is 0.539. The van der Waals surface area contributed by atoms with Gasteiger partial charge in [-0.3, -0.25) is 10.2 Å². The van der Waals surface area contributed by atoms with Crippen LogP contribution in [0.2, 0.25) is 0 Å². The number of Topliss-reactive ketones (excluding diaryl/α,β-unsaturated/α-hetero) is 1. The van der Waals surface area contributed by atoms with E-state index in [0.29, 0.717) is 18.2 Å². The molecule has 0 saturated carbocycles. The third kappa shape index (κ3) is 2.89. The van der Waals surface area contributed by atoms with Crippen LogP contribution in [0.5, 0.6) is 11.8 Å². The molecule has 152 valence electrons. The molecule has 2 aromatic carbocycles. The topological polar surface area (TPSA) is 91.1 Å². The SMILES string of the molecule is O=C1CCCC2=C1C(c1cccc(Oc3nc4ccccc4[nH]3)c1)C1CNNC1N2. The molecule has 3 unspecified atom stereocenters. The molecule has 1 saturated heterocycles. The van der Waals surface area contributed by atoms with E-state index in [0.717, 1.165) is 47.3 Å². The van der Waals surface area contributed by atoms with Gasteiger partial charge in [-0.2, -0.15) is 4.98 Å². The predicted octanol–water partition coefficient (Wildman–Crippen LogP) is 3.10. The van der Waals surface area contributed by atoms with Crippen LogP contribution in [-0.2, 0) is 4.79 Å². The number of benzene rings is 2. The summed E-state index contributed by atoms with van der Waals surface area (Å²) >= 11 is 0. The number of carbonyl (C=O) groups excluding carboxylic acids is 1. The number of imidazole rings is 1. The highest BCUT2D eigenvalue weighted by atomic mass is 16.5. The Morgan fingerprint density at radius 3 is 2.93 bits per heavy atom. The Hall–Kier alpha value is -3.16. The fourth-order valence-corrected chi connectivity index (χ4v) is 5.02. The van der Waals surface area contributed by atoms with Gasteiger partial charge in [-0.05, 0) is 42.7 Å². The van der Waals surface area contributed by atoms with E-state index in [9.17, 15) is 4.79 Å². The lowest BCUT2D eigenvalue weighted by Crippen LogP contribution is -2.50. The molecular formula is C23H23N5O2. The summed E-state index contributed by atoms with van der Waals surface area (Å²) in [5.41, 5.74) is 11.5. The van der Waals surface area contributed by atoms with E-state index in [1.165, 1.54) is 0 Å². The molecule has 0 bridgehead atoms. The van der Waals surface area contributed by atoms with Crippen molar-refractivity contribution < 1.29 is 9.53 Å². The first-order valence-corrected chi connectivity index (χ1v) is 10.5. The molecule has 1 fully saturated rings. The lowest BCUT2D eigenvalue weighted by molar-refractivity contribution is -0.116. The van der Waals surface area contributed by atoms with Crippen molar-refractivity contribution in [3.05, 3.63) is 65.4 Å².